The van der Waals surface area contributed by atoms with Gasteiger partial charge in [0.2, 0.25) is 0 Å². The van der Waals surface area contributed by atoms with Crippen LogP contribution in [0.5, 0.6) is 0 Å². The summed E-state index contributed by atoms with van der Waals surface area (Å²) in [7, 11) is 1.40. The van der Waals surface area contributed by atoms with Gasteiger partial charge in [0.15, 0.2) is 5.13 Å². The van der Waals surface area contributed by atoms with Crippen LogP contribution in [0.3, 0.4) is 0 Å². The number of aromatic nitrogens is 1. The predicted octanol–water partition coefficient (Wildman–Crippen LogP) is 0.136. The molecule has 0 aromatic carbocycles. The summed E-state index contributed by atoms with van der Waals surface area (Å²) in [5.41, 5.74) is 0. The van der Waals surface area contributed by atoms with E-state index in [0.717, 1.165) is 4.88 Å². The van der Waals surface area contributed by atoms with Gasteiger partial charge in [0.05, 0.1) is 0 Å². The van der Waals surface area contributed by atoms with Gasteiger partial charge >= 0.3 is 11.8 Å². The van der Waals surface area contributed by atoms with Crippen molar-refractivity contribution in [3.63, 3.8) is 0 Å². The Bertz CT molecular complexity index is 334. The second-order valence-corrected chi connectivity index (χ2v) is 3.54. The lowest BCUT2D eigenvalue weighted by atomic mass is 10.5. The normalized spacial score (nSPS) is 9.38. The summed E-state index contributed by atoms with van der Waals surface area (Å²) < 4.78 is 0. The van der Waals surface area contributed by atoms with Gasteiger partial charge in [-0.2, -0.15) is 0 Å². The lowest BCUT2D eigenvalue weighted by molar-refractivity contribution is -0.135. The van der Waals surface area contributed by atoms with E-state index in [2.05, 4.69) is 15.6 Å². The molecule has 6 heteroatoms. The molecule has 0 atom stereocenters. The van der Waals surface area contributed by atoms with Crippen LogP contribution in [-0.2, 0) is 9.59 Å². The fourth-order valence-corrected chi connectivity index (χ4v) is 1.34. The molecule has 0 bridgehead atoms. The summed E-state index contributed by atoms with van der Waals surface area (Å²) in [5.74, 6) is -1.37. The molecule has 2 N–H and O–H groups in total. The Balaban J connectivity index is 2.60. The number of anilines is 1. The minimum Gasteiger partial charge on any atom is -0.351 e. The summed E-state index contributed by atoms with van der Waals surface area (Å²) >= 11 is 1.32. The van der Waals surface area contributed by atoms with Crippen molar-refractivity contribution in [1.29, 1.82) is 0 Å². The second-order valence-electron chi connectivity index (χ2n) is 2.31. The number of amides is 2. The van der Waals surface area contributed by atoms with Crippen molar-refractivity contribution < 1.29 is 9.59 Å². The molecule has 1 aromatic rings. The third-order valence-electron chi connectivity index (χ3n) is 1.28. The second kappa shape index (κ2) is 3.99. The third kappa shape index (κ3) is 2.51. The molecular formula is C7H9N3O2S. The standard InChI is InChI=1S/C7H9N3O2S/c1-4-3-9-7(13-4)10-6(12)5(11)8-2/h3H,1-2H3,(H,8,11)(H,9,10,12). The molecule has 0 saturated heterocycles. The quantitative estimate of drug-likeness (QED) is 0.632. The molecule has 0 spiro atoms. The number of nitrogens with one attached hydrogen (secondary N) is 2. The van der Waals surface area contributed by atoms with Gasteiger partial charge in [0, 0.05) is 18.1 Å². The van der Waals surface area contributed by atoms with E-state index in [4.69, 9.17) is 0 Å². The van der Waals surface area contributed by atoms with Gasteiger partial charge in [0.25, 0.3) is 0 Å². The van der Waals surface area contributed by atoms with E-state index in [1.54, 1.807) is 6.20 Å². The number of likely N-dealkylation sites (N-methyl/N-ethyl adjacent to an activating group) is 1. The maximum Gasteiger partial charge on any atom is 0.315 e. The van der Waals surface area contributed by atoms with Gasteiger partial charge in [-0.15, -0.1) is 11.3 Å². The van der Waals surface area contributed by atoms with Crippen LogP contribution in [0.1, 0.15) is 4.88 Å². The van der Waals surface area contributed by atoms with Gasteiger partial charge in [-0.3, -0.25) is 14.9 Å². The van der Waals surface area contributed by atoms with Crippen LogP contribution in [0, 0.1) is 6.92 Å². The molecule has 0 saturated carbocycles. The highest BCUT2D eigenvalue weighted by atomic mass is 32.1. The van der Waals surface area contributed by atoms with Crippen LogP contribution < -0.4 is 10.6 Å². The Morgan fingerprint density at radius 3 is 2.62 bits per heavy atom. The Morgan fingerprint density at radius 1 is 1.46 bits per heavy atom. The van der Waals surface area contributed by atoms with Crippen LogP contribution in [0.4, 0.5) is 5.13 Å². The number of aryl methyl sites for hydroxylation is 1. The molecule has 1 heterocycles. The van der Waals surface area contributed by atoms with Crippen LogP contribution in [0.2, 0.25) is 0 Å². The van der Waals surface area contributed by atoms with Crippen LogP contribution in [0.25, 0.3) is 0 Å². The smallest absolute Gasteiger partial charge is 0.315 e. The zero-order valence-electron chi connectivity index (χ0n) is 7.25. The Hall–Kier alpha value is -1.43. The number of rotatable bonds is 1. The molecule has 0 aliphatic carbocycles. The molecule has 0 radical (unpaired) electrons. The highest BCUT2D eigenvalue weighted by Crippen LogP contribution is 2.15. The number of carbonyl (C=O) groups is 2. The minimum absolute atomic E-state index is 0.436. The zero-order valence-corrected chi connectivity index (χ0v) is 8.07. The molecule has 0 aliphatic heterocycles. The Labute approximate surface area is 79.2 Å². The summed E-state index contributed by atoms with van der Waals surface area (Å²) in [6.45, 7) is 1.87. The molecule has 0 unspecified atom stereocenters. The first-order chi connectivity index (χ1) is 6.13. The monoisotopic (exact) mass is 199 g/mol. The zero-order chi connectivity index (χ0) is 9.84. The topological polar surface area (TPSA) is 71.1 Å². The van der Waals surface area contributed by atoms with Gasteiger partial charge in [-0.1, -0.05) is 0 Å². The molecule has 2 amide bonds. The van der Waals surface area contributed by atoms with Crippen LogP contribution >= 0.6 is 11.3 Å². The SMILES string of the molecule is CNC(=O)C(=O)Nc1ncc(C)s1. The molecule has 13 heavy (non-hydrogen) atoms. The van der Waals surface area contributed by atoms with Crippen molar-refractivity contribution in [2.75, 3.05) is 12.4 Å². The highest BCUT2D eigenvalue weighted by molar-refractivity contribution is 7.15. The molecule has 0 fully saturated rings. The minimum atomic E-state index is -0.697. The fourth-order valence-electron chi connectivity index (χ4n) is 0.680. The number of nitrogens with zero attached hydrogens (tertiary/aromatic N) is 1. The summed E-state index contributed by atoms with van der Waals surface area (Å²) in [5, 5.41) is 5.02. The van der Waals surface area contributed by atoms with E-state index in [1.165, 1.54) is 18.4 Å². The van der Waals surface area contributed by atoms with E-state index >= 15 is 0 Å². The number of carbonyl (C=O) groups excluding carboxylic acids is 2. The summed E-state index contributed by atoms with van der Waals surface area (Å²) in [6.07, 6.45) is 1.63. The van der Waals surface area contributed by atoms with Crippen LogP contribution in [0.15, 0.2) is 6.20 Å². The third-order valence-corrected chi connectivity index (χ3v) is 2.10. The number of hydrogen-bond acceptors (Lipinski definition) is 4. The number of thiazole rings is 1. The maximum absolute atomic E-state index is 11.0. The molecule has 1 rings (SSSR count). The van der Waals surface area contributed by atoms with Crippen molar-refractivity contribution in [2.24, 2.45) is 0 Å². The van der Waals surface area contributed by atoms with Crippen molar-refractivity contribution in [3.8, 4) is 0 Å². The van der Waals surface area contributed by atoms with E-state index in [0.29, 0.717) is 5.13 Å². The first-order valence-electron chi connectivity index (χ1n) is 3.59. The van der Waals surface area contributed by atoms with Gasteiger partial charge in [-0.25, -0.2) is 4.98 Å². The average molecular weight is 199 g/mol. The van der Waals surface area contributed by atoms with Gasteiger partial charge in [-0.05, 0) is 6.92 Å². The average Bonchev–Trinajstić information content (AvgIpc) is 2.49. The Kier molecular flexibility index (Phi) is 2.97. The van der Waals surface area contributed by atoms with Crippen LogP contribution in [-0.4, -0.2) is 23.8 Å². The molecule has 70 valence electrons. The van der Waals surface area contributed by atoms with E-state index in [9.17, 15) is 9.59 Å². The van der Waals surface area contributed by atoms with Crippen molar-refractivity contribution in [1.82, 2.24) is 10.3 Å². The lowest BCUT2D eigenvalue weighted by Crippen LogP contribution is -2.32. The van der Waals surface area contributed by atoms with Crippen molar-refractivity contribution in [2.45, 2.75) is 6.92 Å². The highest BCUT2D eigenvalue weighted by Gasteiger charge is 2.12. The van der Waals surface area contributed by atoms with E-state index in [-0.39, 0.29) is 0 Å². The summed E-state index contributed by atoms with van der Waals surface area (Å²) in [6, 6.07) is 0. The fraction of sp³-hybridized carbons (Fsp3) is 0.286. The van der Waals surface area contributed by atoms with Crippen molar-refractivity contribution >= 4 is 28.3 Å². The number of hydrogen-bond donors (Lipinski definition) is 2. The molecular weight excluding hydrogens is 190 g/mol. The van der Waals surface area contributed by atoms with E-state index < -0.39 is 11.8 Å². The largest absolute Gasteiger partial charge is 0.351 e. The molecule has 1 aromatic heterocycles. The van der Waals surface area contributed by atoms with E-state index in [1.807, 2.05) is 6.92 Å². The Morgan fingerprint density at radius 2 is 2.15 bits per heavy atom. The van der Waals surface area contributed by atoms with Gasteiger partial charge in [0.1, 0.15) is 0 Å². The van der Waals surface area contributed by atoms with Crippen molar-refractivity contribution in [3.05, 3.63) is 11.1 Å². The first-order valence-corrected chi connectivity index (χ1v) is 4.40. The van der Waals surface area contributed by atoms with Gasteiger partial charge < -0.3 is 5.32 Å². The molecule has 5 nitrogen and oxygen atoms in total. The first kappa shape index (κ1) is 9.66. The predicted molar refractivity (Wildman–Crippen MR) is 49.5 cm³/mol. The molecule has 0 aliphatic rings. The summed E-state index contributed by atoms with van der Waals surface area (Å²) in [4.78, 5) is 26.6. The maximum atomic E-state index is 11.0. The lowest BCUT2D eigenvalue weighted by Gasteiger charge is -1.98.